The molecule has 0 aliphatic heterocycles. The van der Waals surface area contributed by atoms with Crippen LogP contribution in [0.15, 0.2) is 0 Å². The molecule has 100 valence electrons. The van der Waals surface area contributed by atoms with E-state index < -0.39 is 0 Å². The van der Waals surface area contributed by atoms with Crippen molar-refractivity contribution in [3.05, 3.63) is 11.0 Å². The predicted octanol–water partition coefficient (Wildman–Crippen LogP) is 3.37. The summed E-state index contributed by atoms with van der Waals surface area (Å²) in [6, 6.07) is 0. The van der Waals surface area contributed by atoms with Crippen LogP contribution in [0.2, 0.25) is 5.28 Å². The Morgan fingerprint density at radius 1 is 1.39 bits per heavy atom. The molecule has 0 aromatic carbocycles. The third-order valence-corrected chi connectivity index (χ3v) is 3.83. The van der Waals surface area contributed by atoms with E-state index in [0.717, 1.165) is 18.8 Å². The number of rotatable bonds is 3. The van der Waals surface area contributed by atoms with Crippen LogP contribution in [0.1, 0.15) is 44.7 Å². The Hall–Kier alpha value is -1.03. The van der Waals surface area contributed by atoms with E-state index in [1.807, 2.05) is 6.92 Å². The molecule has 2 rings (SSSR count). The van der Waals surface area contributed by atoms with E-state index in [4.69, 9.17) is 22.1 Å². The minimum absolute atomic E-state index is 0.194. The molecule has 0 radical (unpaired) electrons. The van der Waals surface area contributed by atoms with Gasteiger partial charge in [-0.15, -0.1) is 0 Å². The zero-order chi connectivity index (χ0) is 13.1. The van der Waals surface area contributed by atoms with E-state index in [2.05, 4.69) is 16.9 Å². The van der Waals surface area contributed by atoms with E-state index >= 15 is 0 Å². The number of halogens is 1. The summed E-state index contributed by atoms with van der Waals surface area (Å²) in [6.07, 6.45) is 6.07. The molecular formula is C13H20ClN3O. The van der Waals surface area contributed by atoms with Crippen LogP contribution in [0.3, 0.4) is 0 Å². The second-order valence-corrected chi connectivity index (χ2v) is 5.32. The molecule has 1 aliphatic carbocycles. The van der Waals surface area contributed by atoms with Crippen molar-refractivity contribution in [3.8, 4) is 5.88 Å². The minimum atomic E-state index is 0.194. The SMILES string of the molecule is CCC1CCCC(Oc2nc(Cl)nc(C)c2N)C1. The first kappa shape index (κ1) is 13.4. The van der Waals surface area contributed by atoms with Crippen LogP contribution >= 0.6 is 11.6 Å². The number of nitrogens with two attached hydrogens (primary N) is 1. The number of ether oxygens (including phenoxy) is 1. The van der Waals surface area contributed by atoms with Crippen molar-refractivity contribution >= 4 is 17.3 Å². The van der Waals surface area contributed by atoms with Crippen LogP contribution < -0.4 is 10.5 Å². The molecule has 0 saturated heterocycles. The first-order valence-corrected chi connectivity index (χ1v) is 6.94. The molecule has 0 amide bonds. The Balaban J connectivity index is 2.09. The van der Waals surface area contributed by atoms with Crippen LogP contribution in [-0.4, -0.2) is 16.1 Å². The molecule has 1 fully saturated rings. The van der Waals surface area contributed by atoms with Crippen LogP contribution in [0, 0.1) is 12.8 Å². The monoisotopic (exact) mass is 269 g/mol. The summed E-state index contributed by atoms with van der Waals surface area (Å²) >= 11 is 5.84. The van der Waals surface area contributed by atoms with Crippen LogP contribution in [0.25, 0.3) is 0 Å². The van der Waals surface area contributed by atoms with E-state index in [0.29, 0.717) is 17.3 Å². The fourth-order valence-electron chi connectivity index (χ4n) is 2.49. The molecule has 18 heavy (non-hydrogen) atoms. The van der Waals surface area contributed by atoms with Gasteiger partial charge in [0.2, 0.25) is 11.2 Å². The Morgan fingerprint density at radius 3 is 2.89 bits per heavy atom. The molecule has 1 aromatic heterocycles. The number of nitrogens with zero attached hydrogens (tertiary/aromatic N) is 2. The van der Waals surface area contributed by atoms with Crippen molar-refractivity contribution in [2.24, 2.45) is 5.92 Å². The highest BCUT2D eigenvalue weighted by Gasteiger charge is 2.23. The summed E-state index contributed by atoms with van der Waals surface area (Å²) in [5.41, 5.74) is 7.10. The average molecular weight is 270 g/mol. The Bertz CT molecular complexity index is 425. The van der Waals surface area contributed by atoms with Gasteiger partial charge in [-0.25, -0.2) is 4.98 Å². The van der Waals surface area contributed by atoms with Gasteiger partial charge in [0.05, 0.1) is 5.69 Å². The lowest BCUT2D eigenvalue weighted by molar-refractivity contribution is 0.118. The van der Waals surface area contributed by atoms with Crippen molar-refractivity contribution in [3.63, 3.8) is 0 Å². The molecule has 1 aliphatic rings. The number of hydrogen-bond donors (Lipinski definition) is 1. The normalized spacial score (nSPS) is 23.9. The van der Waals surface area contributed by atoms with Gasteiger partial charge < -0.3 is 10.5 Å². The average Bonchev–Trinajstić information content (AvgIpc) is 2.35. The van der Waals surface area contributed by atoms with Gasteiger partial charge in [0.15, 0.2) is 0 Å². The number of aromatic nitrogens is 2. The minimum Gasteiger partial charge on any atom is -0.473 e. The van der Waals surface area contributed by atoms with Gasteiger partial charge in [0.25, 0.3) is 0 Å². The highest BCUT2D eigenvalue weighted by atomic mass is 35.5. The molecule has 1 heterocycles. The zero-order valence-corrected chi connectivity index (χ0v) is 11.7. The van der Waals surface area contributed by atoms with Gasteiger partial charge >= 0.3 is 0 Å². The van der Waals surface area contributed by atoms with Gasteiger partial charge in [-0.05, 0) is 43.7 Å². The Kier molecular flexibility index (Phi) is 4.27. The molecule has 2 unspecified atom stereocenters. The second kappa shape index (κ2) is 5.74. The Morgan fingerprint density at radius 2 is 2.17 bits per heavy atom. The van der Waals surface area contributed by atoms with Gasteiger partial charge in [0.1, 0.15) is 11.8 Å². The van der Waals surface area contributed by atoms with E-state index in [1.165, 1.54) is 19.3 Å². The third kappa shape index (κ3) is 3.05. The maximum Gasteiger partial charge on any atom is 0.242 e. The van der Waals surface area contributed by atoms with Gasteiger partial charge in [-0.2, -0.15) is 4.98 Å². The topological polar surface area (TPSA) is 61.0 Å². The highest BCUT2D eigenvalue weighted by Crippen LogP contribution is 2.31. The van der Waals surface area contributed by atoms with Crippen molar-refractivity contribution < 1.29 is 4.74 Å². The van der Waals surface area contributed by atoms with Crippen LogP contribution in [0.5, 0.6) is 5.88 Å². The van der Waals surface area contributed by atoms with Gasteiger partial charge in [0, 0.05) is 0 Å². The zero-order valence-electron chi connectivity index (χ0n) is 10.9. The molecule has 0 spiro atoms. The van der Waals surface area contributed by atoms with Crippen LogP contribution in [0.4, 0.5) is 5.69 Å². The fourth-order valence-corrected chi connectivity index (χ4v) is 2.69. The molecule has 0 bridgehead atoms. The summed E-state index contributed by atoms with van der Waals surface area (Å²) in [7, 11) is 0. The second-order valence-electron chi connectivity index (χ2n) is 4.98. The molecule has 2 N–H and O–H groups in total. The van der Waals surface area contributed by atoms with Gasteiger partial charge in [-0.3, -0.25) is 0 Å². The van der Waals surface area contributed by atoms with E-state index in [1.54, 1.807) is 0 Å². The third-order valence-electron chi connectivity index (χ3n) is 3.66. The number of hydrogen-bond acceptors (Lipinski definition) is 4. The van der Waals surface area contributed by atoms with Crippen molar-refractivity contribution in [2.75, 3.05) is 5.73 Å². The molecule has 5 heteroatoms. The van der Waals surface area contributed by atoms with E-state index in [-0.39, 0.29) is 11.4 Å². The summed E-state index contributed by atoms with van der Waals surface area (Å²) in [6.45, 7) is 4.04. The lowest BCUT2D eigenvalue weighted by atomic mass is 9.85. The molecule has 4 nitrogen and oxygen atoms in total. The maximum absolute atomic E-state index is 5.93. The highest BCUT2D eigenvalue weighted by molar-refractivity contribution is 6.28. The lowest BCUT2D eigenvalue weighted by Crippen LogP contribution is -2.26. The predicted molar refractivity (Wildman–Crippen MR) is 72.9 cm³/mol. The quantitative estimate of drug-likeness (QED) is 0.855. The number of nitrogen functional groups attached to an aromatic ring is 1. The lowest BCUT2D eigenvalue weighted by Gasteiger charge is -2.28. The van der Waals surface area contributed by atoms with Crippen molar-refractivity contribution in [2.45, 2.75) is 52.1 Å². The van der Waals surface area contributed by atoms with Crippen molar-refractivity contribution in [1.29, 1.82) is 0 Å². The molecule has 1 aromatic rings. The molecule has 2 atom stereocenters. The van der Waals surface area contributed by atoms with Crippen molar-refractivity contribution in [1.82, 2.24) is 9.97 Å². The molecular weight excluding hydrogens is 250 g/mol. The smallest absolute Gasteiger partial charge is 0.242 e. The largest absolute Gasteiger partial charge is 0.473 e. The van der Waals surface area contributed by atoms with E-state index in [9.17, 15) is 0 Å². The van der Waals surface area contributed by atoms with Gasteiger partial charge in [-0.1, -0.05) is 19.8 Å². The Labute approximate surface area is 113 Å². The first-order valence-electron chi connectivity index (χ1n) is 6.56. The summed E-state index contributed by atoms with van der Waals surface area (Å²) < 4.78 is 5.92. The number of aryl methyl sites for hydroxylation is 1. The standard InChI is InChI=1S/C13H20ClN3O/c1-3-9-5-4-6-10(7-9)18-12-11(15)8(2)16-13(14)17-12/h9-10H,3-7,15H2,1-2H3. The summed E-state index contributed by atoms with van der Waals surface area (Å²) in [4.78, 5) is 8.09. The first-order chi connectivity index (χ1) is 8.60. The fraction of sp³-hybridized carbons (Fsp3) is 0.692. The van der Waals surface area contributed by atoms with Crippen LogP contribution in [-0.2, 0) is 0 Å². The number of anilines is 1. The maximum atomic E-state index is 5.93. The molecule has 1 saturated carbocycles. The summed E-state index contributed by atoms with van der Waals surface area (Å²) in [5.74, 6) is 1.19. The summed E-state index contributed by atoms with van der Waals surface area (Å²) in [5, 5.41) is 0.194.